The SMILES string of the molecule is Nc1ccc(C(=O)NCCc2cnc[nH]2)c(F)c1. The van der Waals surface area contributed by atoms with E-state index in [0.717, 1.165) is 11.8 Å². The first kappa shape index (κ1) is 12.1. The standard InChI is InChI=1S/C12H13FN4O/c13-11-5-8(14)1-2-10(11)12(18)16-4-3-9-6-15-7-17-9/h1-2,5-7H,3-4,14H2,(H,15,17)(H,16,18). The molecule has 0 saturated heterocycles. The van der Waals surface area contributed by atoms with Gasteiger partial charge >= 0.3 is 0 Å². The number of aromatic amines is 1. The van der Waals surface area contributed by atoms with Crippen molar-refractivity contribution in [1.82, 2.24) is 15.3 Å². The van der Waals surface area contributed by atoms with Gasteiger partial charge < -0.3 is 16.0 Å². The number of aromatic nitrogens is 2. The lowest BCUT2D eigenvalue weighted by atomic mass is 10.2. The van der Waals surface area contributed by atoms with Crippen LogP contribution in [-0.2, 0) is 6.42 Å². The number of nitrogens with one attached hydrogen (secondary N) is 2. The van der Waals surface area contributed by atoms with Gasteiger partial charge in [-0.25, -0.2) is 9.37 Å². The molecule has 0 radical (unpaired) electrons. The fourth-order valence-corrected chi connectivity index (χ4v) is 1.54. The number of carbonyl (C=O) groups excluding carboxylic acids is 1. The largest absolute Gasteiger partial charge is 0.399 e. The molecule has 1 heterocycles. The first-order chi connectivity index (χ1) is 8.66. The van der Waals surface area contributed by atoms with Crippen molar-refractivity contribution in [2.45, 2.75) is 6.42 Å². The molecular weight excluding hydrogens is 235 g/mol. The average Bonchev–Trinajstić information content (AvgIpc) is 2.81. The second-order valence-corrected chi connectivity index (χ2v) is 3.82. The number of carbonyl (C=O) groups is 1. The summed E-state index contributed by atoms with van der Waals surface area (Å²) in [5.74, 6) is -1.07. The van der Waals surface area contributed by atoms with Crippen molar-refractivity contribution in [2.75, 3.05) is 12.3 Å². The Morgan fingerprint density at radius 2 is 2.33 bits per heavy atom. The maximum atomic E-state index is 13.4. The summed E-state index contributed by atoms with van der Waals surface area (Å²) in [6.07, 6.45) is 3.86. The van der Waals surface area contributed by atoms with Crippen LogP contribution in [0.15, 0.2) is 30.7 Å². The van der Waals surface area contributed by atoms with E-state index in [0.29, 0.717) is 18.7 Å². The molecule has 6 heteroatoms. The van der Waals surface area contributed by atoms with Crippen LogP contribution in [-0.4, -0.2) is 22.4 Å². The second-order valence-electron chi connectivity index (χ2n) is 3.82. The quantitative estimate of drug-likeness (QED) is 0.708. The minimum atomic E-state index is -0.617. The molecule has 18 heavy (non-hydrogen) atoms. The number of halogens is 1. The molecule has 4 N–H and O–H groups in total. The smallest absolute Gasteiger partial charge is 0.254 e. The van der Waals surface area contributed by atoms with Gasteiger partial charge in [-0.1, -0.05) is 0 Å². The van der Waals surface area contributed by atoms with Crippen molar-refractivity contribution in [3.63, 3.8) is 0 Å². The molecule has 2 aromatic rings. The summed E-state index contributed by atoms with van der Waals surface area (Å²) in [7, 11) is 0. The predicted molar refractivity (Wildman–Crippen MR) is 65.4 cm³/mol. The highest BCUT2D eigenvalue weighted by Gasteiger charge is 2.11. The molecule has 0 fully saturated rings. The molecular formula is C12H13FN4O. The average molecular weight is 248 g/mol. The van der Waals surface area contributed by atoms with Gasteiger partial charge in [0.25, 0.3) is 5.91 Å². The zero-order valence-corrected chi connectivity index (χ0v) is 9.61. The summed E-state index contributed by atoms with van der Waals surface area (Å²) in [5.41, 5.74) is 6.61. The minimum absolute atomic E-state index is 0.00573. The van der Waals surface area contributed by atoms with E-state index in [9.17, 15) is 9.18 Å². The van der Waals surface area contributed by atoms with Crippen LogP contribution in [0.1, 0.15) is 16.1 Å². The van der Waals surface area contributed by atoms with Crippen LogP contribution in [0.25, 0.3) is 0 Å². The van der Waals surface area contributed by atoms with Gasteiger partial charge in [0, 0.05) is 30.5 Å². The molecule has 2 rings (SSSR count). The number of amides is 1. The van der Waals surface area contributed by atoms with Gasteiger partial charge in [-0.2, -0.15) is 0 Å². The molecule has 0 aliphatic carbocycles. The lowest BCUT2D eigenvalue weighted by molar-refractivity contribution is 0.0950. The van der Waals surface area contributed by atoms with Gasteiger partial charge in [-0.15, -0.1) is 0 Å². The fourth-order valence-electron chi connectivity index (χ4n) is 1.54. The van der Waals surface area contributed by atoms with Crippen LogP contribution in [0, 0.1) is 5.82 Å². The molecule has 94 valence electrons. The van der Waals surface area contributed by atoms with Gasteiger partial charge in [0.05, 0.1) is 11.9 Å². The minimum Gasteiger partial charge on any atom is -0.399 e. The Morgan fingerprint density at radius 3 is 3.00 bits per heavy atom. The highest BCUT2D eigenvalue weighted by atomic mass is 19.1. The molecule has 0 bridgehead atoms. The topological polar surface area (TPSA) is 83.8 Å². The molecule has 0 unspecified atom stereocenters. The molecule has 1 aromatic heterocycles. The van der Waals surface area contributed by atoms with Crippen LogP contribution in [0.2, 0.25) is 0 Å². The van der Waals surface area contributed by atoms with Crippen LogP contribution < -0.4 is 11.1 Å². The van der Waals surface area contributed by atoms with Crippen LogP contribution in [0.4, 0.5) is 10.1 Å². The second kappa shape index (κ2) is 5.31. The van der Waals surface area contributed by atoms with Crippen LogP contribution in [0.3, 0.4) is 0 Å². The number of rotatable bonds is 4. The molecule has 1 amide bonds. The van der Waals surface area contributed by atoms with E-state index < -0.39 is 11.7 Å². The van der Waals surface area contributed by atoms with E-state index in [1.807, 2.05) is 0 Å². The Kier molecular flexibility index (Phi) is 3.57. The highest BCUT2D eigenvalue weighted by Crippen LogP contribution is 2.11. The fraction of sp³-hybridized carbons (Fsp3) is 0.167. The zero-order chi connectivity index (χ0) is 13.0. The number of nitrogens with two attached hydrogens (primary N) is 1. The Hall–Kier alpha value is -2.37. The normalized spacial score (nSPS) is 10.3. The van der Waals surface area contributed by atoms with Crippen molar-refractivity contribution >= 4 is 11.6 Å². The number of benzene rings is 1. The third-order valence-electron chi connectivity index (χ3n) is 2.47. The van der Waals surface area contributed by atoms with Crippen molar-refractivity contribution < 1.29 is 9.18 Å². The molecule has 0 saturated carbocycles. The Morgan fingerprint density at radius 1 is 1.50 bits per heavy atom. The number of anilines is 1. The Labute approximate surface area is 103 Å². The Balaban J connectivity index is 1.91. The molecule has 1 aromatic carbocycles. The number of hydrogen-bond donors (Lipinski definition) is 3. The van der Waals surface area contributed by atoms with Crippen molar-refractivity contribution in [2.24, 2.45) is 0 Å². The van der Waals surface area contributed by atoms with E-state index in [1.165, 1.54) is 12.1 Å². The summed E-state index contributed by atoms with van der Waals surface area (Å²) in [4.78, 5) is 18.5. The summed E-state index contributed by atoms with van der Waals surface area (Å²) in [5, 5.41) is 2.63. The van der Waals surface area contributed by atoms with Gasteiger partial charge in [0.15, 0.2) is 0 Å². The van der Waals surface area contributed by atoms with Crippen molar-refractivity contribution in [1.29, 1.82) is 0 Å². The lowest BCUT2D eigenvalue weighted by Gasteiger charge is -2.05. The lowest BCUT2D eigenvalue weighted by Crippen LogP contribution is -2.26. The number of nitrogen functional groups attached to an aromatic ring is 1. The van der Waals surface area contributed by atoms with Crippen LogP contribution >= 0.6 is 0 Å². The first-order valence-corrected chi connectivity index (χ1v) is 5.47. The number of imidazole rings is 1. The predicted octanol–water partition coefficient (Wildman–Crippen LogP) is 1.10. The monoisotopic (exact) mass is 248 g/mol. The number of H-pyrrole nitrogens is 1. The summed E-state index contributed by atoms with van der Waals surface area (Å²) < 4.78 is 13.4. The van der Waals surface area contributed by atoms with Gasteiger partial charge in [0.2, 0.25) is 0 Å². The maximum absolute atomic E-state index is 13.4. The van der Waals surface area contributed by atoms with E-state index in [2.05, 4.69) is 15.3 Å². The van der Waals surface area contributed by atoms with Gasteiger partial charge in [0.1, 0.15) is 5.82 Å². The van der Waals surface area contributed by atoms with E-state index >= 15 is 0 Å². The summed E-state index contributed by atoms with van der Waals surface area (Å²) >= 11 is 0. The van der Waals surface area contributed by atoms with Crippen LogP contribution in [0.5, 0.6) is 0 Å². The molecule has 0 atom stereocenters. The number of hydrogen-bond acceptors (Lipinski definition) is 3. The molecule has 5 nitrogen and oxygen atoms in total. The van der Waals surface area contributed by atoms with E-state index in [4.69, 9.17) is 5.73 Å². The van der Waals surface area contributed by atoms with E-state index in [-0.39, 0.29) is 5.56 Å². The first-order valence-electron chi connectivity index (χ1n) is 5.47. The third kappa shape index (κ3) is 2.85. The Bertz CT molecular complexity index is 539. The van der Waals surface area contributed by atoms with Crippen molar-refractivity contribution in [3.8, 4) is 0 Å². The van der Waals surface area contributed by atoms with Gasteiger partial charge in [-0.05, 0) is 18.2 Å². The summed E-state index contributed by atoms with van der Waals surface area (Å²) in [6, 6.07) is 3.99. The van der Waals surface area contributed by atoms with E-state index in [1.54, 1.807) is 12.5 Å². The third-order valence-corrected chi connectivity index (χ3v) is 2.47. The van der Waals surface area contributed by atoms with Crippen molar-refractivity contribution in [3.05, 3.63) is 47.8 Å². The van der Waals surface area contributed by atoms with Gasteiger partial charge in [-0.3, -0.25) is 4.79 Å². The molecule has 0 spiro atoms. The molecule has 0 aliphatic rings. The zero-order valence-electron chi connectivity index (χ0n) is 9.61. The molecule has 0 aliphatic heterocycles. The summed E-state index contributed by atoms with van der Waals surface area (Å²) in [6.45, 7) is 0.408. The maximum Gasteiger partial charge on any atom is 0.254 e. The highest BCUT2D eigenvalue weighted by molar-refractivity contribution is 5.94. The number of nitrogens with zero attached hydrogens (tertiary/aromatic N) is 1.